The monoisotopic (exact) mass is 364 g/mol. The molecule has 6 heteroatoms. The van der Waals surface area contributed by atoms with Gasteiger partial charge < -0.3 is 0 Å². The predicted octanol–water partition coefficient (Wildman–Crippen LogP) is 3.65. The number of fused-ring (bicyclic) bond motifs is 1. The van der Waals surface area contributed by atoms with Crippen LogP contribution in [0.25, 0.3) is 11.0 Å². The Morgan fingerprint density at radius 1 is 1.10 bits per heavy atom. The van der Waals surface area contributed by atoms with E-state index in [4.69, 9.17) is 0 Å². The number of aryl methyl sites for hydroxylation is 2. The summed E-state index contributed by atoms with van der Waals surface area (Å²) in [5.41, 5.74) is 2.82. The van der Waals surface area contributed by atoms with Crippen molar-refractivity contribution in [1.82, 2.24) is 8.96 Å². The van der Waals surface area contributed by atoms with Crippen molar-refractivity contribution in [3.8, 4) is 0 Å². The molecule has 21 heavy (non-hydrogen) atoms. The number of hydrogen-bond acceptors (Lipinski definition) is 3. The number of hydrogen-bond donors (Lipinski definition) is 0. The zero-order valence-electron chi connectivity index (χ0n) is 11.5. The molecule has 3 aromatic rings. The van der Waals surface area contributed by atoms with Gasteiger partial charge in [-0.2, -0.15) is 0 Å². The topological polar surface area (TPSA) is 52.0 Å². The molecule has 0 saturated carbocycles. The molecule has 0 atom stereocenters. The fourth-order valence-corrected chi connectivity index (χ4v) is 4.31. The lowest BCUT2D eigenvalue weighted by Gasteiger charge is -2.11. The van der Waals surface area contributed by atoms with Crippen molar-refractivity contribution >= 4 is 37.0 Å². The number of benzene rings is 2. The van der Waals surface area contributed by atoms with Crippen molar-refractivity contribution in [2.24, 2.45) is 0 Å². The second-order valence-electron chi connectivity index (χ2n) is 4.90. The van der Waals surface area contributed by atoms with Crippen LogP contribution in [0.3, 0.4) is 0 Å². The van der Waals surface area contributed by atoms with Gasteiger partial charge in [0.05, 0.1) is 15.9 Å². The van der Waals surface area contributed by atoms with Gasteiger partial charge in [0.1, 0.15) is 6.33 Å². The molecule has 0 aliphatic rings. The van der Waals surface area contributed by atoms with Crippen LogP contribution in [0.15, 0.2) is 52.1 Å². The van der Waals surface area contributed by atoms with Gasteiger partial charge in [-0.25, -0.2) is 17.4 Å². The number of nitrogens with zero attached hydrogens (tertiary/aromatic N) is 2. The maximum atomic E-state index is 12.9. The standard InChI is InChI=1S/C15H13BrN2O2S/c1-10-8-15(11(2)7-12(10)16)21(19,20)18-9-17-13-5-3-4-6-14(13)18/h3-9H,1-2H3. The highest BCUT2D eigenvalue weighted by Gasteiger charge is 2.22. The van der Waals surface area contributed by atoms with Gasteiger partial charge in [0.2, 0.25) is 0 Å². The van der Waals surface area contributed by atoms with Crippen LogP contribution in [0.5, 0.6) is 0 Å². The van der Waals surface area contributed by atoms with Crippen LogP contribution in [0.2, 0.25) is 0 Å². The first kappa shape index (κ1) is 14.3. The molecule has 2 aromatic carbocycles. The van der Waals surface area contributed by atoms with Gasteiger partial charge in [-0.1, -0.05) is 28.1 Å². The molecule has 1 aromatic heterocycles. The highest BCUT2D eigenvalue weighted by Crippen LogP contribution is 2.27. The third-order valence-corrected chi connectivity index (χ3v) is 6.07. The van der Waals surface area contributed by atoms with Crippen molar-refractivity contribution in [3.05, 3.63) is 58.3 Å². The van der Waals surface area contributed by atoms with Crippen molar-refractivity contribution in [2.45, 2.75) is 18.7 Å². The molecule has 4 nitrogen and oxygen atoms in total. The lowest BCUT2D eigenvalue weighted by atomic mass is 10.2. The Morgan fingerprint density at radius 3 is 2.57 bits per heavy atom. The average Bonchev–Trinajstić information content (AvgIpc) is 2.87. The van der Waals surface area contributed by atoms with Gasteiger partial charge in [-0.15, -0.1) is 0 Å². The molecule has 0 fully saturated rings. The van der Waals surface area contributed by atoms with Crippen LogP contribution in [-0.4, -0.2) is 17.4 Å². The third kappa shape index (κ3) is 2.28. The molecule has 3 rings (SSSR count). The summed E-state index contributed by atoms with van der Waals surface area (Å²) in [5, 5.41) is 0. The molecule has 0 radical (unpaired) electrons. The molecule has 0 saturated heterocycles. The summed E-state index contributed by atoms with van der Waals surface area (Å²) in [5.74, 6) is 0. The van der Waals surface area contributed by atoms with Gasteiger partial charge in [-0.05, 0) is 49.2 Å². The van der Waals surface area contributed by atoms with E-state index < -0.39 is 10.0 Å². The number of halogens is 1. The van der Waals surface area contributed by atoms with E-state index >= 15 is 0 Å². The van der Waals surface area contributed by atoms with Crippen LogP contribution in [0.1, 0.15) is 11.1 Å². The summed E-state index contributed by atoms with van der Waals surface area (Å²) >= 11 is 3.42. The Hall–Kier alpha value is -1.66. The highest BCUT2D eigenvalue weighted by atomic mass is 79.9. The summed E-state index contributed by atoms with van der Waals surface area (Å²) in [7, 11) is -3.66. The molecular weight excluding hydrogens is 352 g/mol. The number of imidazole rings is 1. The van der Waals surface area contributed by atoms with Crippen LogP contribution in [0.4, 0.5) is 0 Å². The second kappa shape index (κ2) is 4.96. The van der Waals surface area contributed by atoms with Crippen LogP contribution in [-0.2, 0) is 10.0 Å². The van der Waals surface area contributed by atoms with E-state index in [1.807, 2.05) is 19.1 Å². The number of aromatic nitrogens is 2. The first-order chi connectivity index (χ1) is 9.91. The minimum atomic E-state index is -3.66. The minimum absolute atomic E-state index is 0.298. The molecule has 0 spiro atoms. The minimum Gasteiger partial charge on any atom is -0.236 e. The fraction of sp³-hybridized carbons (Fsp3) is 0.133. The molecule has 0 aliphatic heterocycles. The summed E-state index contributed by atoms with van der Waals surface area (Å²) in [6, 6.07) is 10.7. The molecule has 0 unspecified atom stereocenters. The van der Waals surface area contributed by atoms with E-state index in [0.29, 0.717) is 21.5 Å². The average molecular weight is 365 g/mol. The molecule has 1 heterocycles. The zero-order valence-corrected chi connectivity index (χ0v) is 13.9. The van der Waals surface area contributed by atoms with E-state index in [0.717, 1.165) is 10.0 Å². The third-order valence-electron chi connectivity index (χ3n) is 3.41. The van der Waals surface area contributed by atoms with Crippen LogP contribution >= 0.6 is 15.9 Å². The van der Waals surface area contributed by atoms with E-state index in [-0.39, 0.29) is 0 Å². The van der Waals surface area contributed by atoms with E-state index in [2.05, 4.69) is 20.9 Å². The van der Waals surface area contributed by atoms with Crippen molar-refractivity contribution in [1.29, 1.82) is 0 Å². The smallest absolute Gasteiger partial charge is 0.236 e. The maximum absolute atomic E-state index is 12.9. The maximum Gasteiger partial charge on any atom is 0.269 e. The lowest BCUT2D eigenvalue weighted by Crippen LogP contribution is -2.13. The second-order valence-corrected chi connectivity index (χ2v) is 7.54. The summed E-state index contributed by atoms with van der Waals surface area (Å²) < 4.78 is 27.9. The van der Waals surface area contributed by atoms with Gasteiger partial charge in [0, 0.05) is 4.47 Å². The Labute approximate surface area is 131 Å². The summed E-state index contributed by atoms with van der Waals surface area (Å²) in [6.07, 6.45) is 1.36. The molecule has 0 N–H and O–H groups in total. The van der Waals surface area contributed by atoms with Crippen LogP contribution < -0.4 is 0 Å². The molecule has 0 aliphatic carbocycles. The van der Waals surface area contributed by atoms with Crippen molar-refractivity contribution in [2.75, 3.05) is 0 Å². The number of rotatable bonds is 2. The molecule has 108 valence electrons. The SMILES string of the molecule is Cc1cc(S(=O)(=O)n2cnc3ccccc32)c(C)cc1Br. The Morgan fingerprint density at radius 2 is 1.81 bits per heavy atom. The van der Waals surface area contributed by atoms with E-state index in [1.54, 1.807) is 31.2 Å². The van der Waals surface area contributed by atoms with Gasteiger partial charge in [-0.3, -0.25) is 0 Å². The van der Waals surface area contributed by atoms with Gasteiger partial charge in [0.15, 0.2) is 0 Å². The van der Waals surface area contributed by atoms with Gasteiger partial charge >= 0.3 is 0 Å². The lowest BCUT2D eigenvalue weighted by molar-refractivity contribution is 0.588. The van der Waals surface area contributed by atoms with Crippen molar-refractivity contribution < 1.29 is 8.42 Å². The van der Waals surface area contributed by atoms with Crippen LogP contribution in [0, 0.1) is 13.8 Å². The van der Waals surface area contributed by atoms with Crippen molar-refractivity contribution in [3.63, 3.8) is 0 Å². The molecule has 0 amide bonds. The number of para-hydroxylation sites is 2. The van der Waals surface area contributed by atoms with Gasteiger partial charge in [0.25, 0.3) is 10.0 Å². The largest absolute Gasteiger partial charge is 0.269 e. The molecular formula is C15H13BrN2O2S. The quantitative estimate of drug-likeness (QED) is 0.697. The normalized spacial score (nSPS) is 12.0. The summed E-state index contributed by atoms with van der Waals surface area (Å²) in [4.78, 5) is 4.45. The Kier molecular flexibility index (Phi) is 3.37. The van der Waals surface area contributed by atoms with E-state index in [9.17, 15) is 8.42 Å². The fourth-order valence-electron chi connectivity index (χ4n) is 2.27. The zero-order chi connectivity index (χ0) is 15.2. The van der Waals surface area contributed by atoms with E-state index in [1.165, 1.54) is 10.3 Å². The summed E-state index contributed by atoms with van der Waals surface area (Å²) in [6.45, 7) is 3.66. The Balaban J connectivity index is 2.29. The first-order valence-corrected chi connectivity index (χ1v) is 8.59. The first-order valence-electron chi connectivity index (χ1n) is 6.35. The predicted molar refractivity (Wildman–Crippen MR) is 85.9 cm³/mol. The highest BCUT2D eigenvalue weighted by molar-refractivity contribution is 9.10. The molecule has 0 bridgehead atoms. The Bertz CT molecular complexity index is 945.